The Morgan fingerprint density at radius 2 is 1.78 bits per heavy atom. The van der Waals surface area contributed by atoms with Crippen LogP contribution in [-0.4, -0.2) is 30.2 Å². The van der Waals surface area contributed by atoms with Crippen LogP contribution in [0.1, 0.15) is 63.2 Å². The minimum Gasteiger partial charge on any atom is -0.382 e. The molecule has 0 spiro atoms. The van der Waals surface area contributed by atoms with Crippen molar-refractivity contribution in [1.82, 2.24) is 19.5 Å². The van der Waals surface area contributed by atoms with Crippen molar-refractivity contribution in [2.24, 2.45) is 23.7 Å². The maximum absolute atomic E-state index is 11.4. The summed E-state index contributed by atoms with van der Waals surface area (Å²) in [5.41, 5.74) is 6.68. The van der Waals surface area contributed by atoms with Gasteiger partial charge in [-0.2, -0.15) is 0 Å². The molecule has 7 rings (SSSR count). The number of rotatable bonds is 1. The van der Waals surface area contributed by atoms with E-state index in [2.05, 4.69) is 31.4 Å². The van der Waals surface area contributed by atoms with Gasteiger partial charge in [-0.05, 0) is 81.0 Å². The first-order valence-electron chi connectivity index (χ1n) is 10.4. The molecule has 2 aromatic heterocycles. The Morgan fingerprint density at radius 1 is 1.07 bits per heavy atom. The zero-order chi connectivity index (χ0) is 18.2. The standard InChI is InChI=1S/C21H25N5O/c22-19-18-20(26(11-23-18)16-2-1-3-16)25-17(24-19)4-5-21(27)14-7-12-6-13(9-14)10-15(21)8-12/h11-16,27H,1-3,6-10H2,(H2,22,24,25). The first kappa shape index (κ1) is 15.9. The Bertz CT molecular complexity index is 952. The van der Waals surface area contributed by atoms with Gasteiger partial charge < -0.3 is 15.4 Å². The number of imidazole rings is 1. The van der Waals surface area contributed by atoms with Gasteiger partial charge >= 0.3 is 0 Å². The number of fused-ring (bicyclic) bond motifs is 1. The van der Waals surface area contributed by atoms with Crippen molar-refractivity contribution in [3.05, 3.63) is 12.2 Å². The Balaban J connectivity index is 1.38. The average Bonchev–Trinajstić information content (AvgIpc) is 3.00. The van der Waals surface area contributed by atoms with E-state index in [0.717, 1.165) is 56.0 Å². The van der Waals surface area contributed by atoms with Gasteiger partial charge in [-0.15, -0.1) is 0 Å². The van der Waals surface area contributed by atoms with Crippen molar-refractivity contribution in [2.75, 3.05) is 5.73 Å². The average molecular weight is 363 g/mol. The molecule has 0 radical (unpaired) electrons. The Morgan fingerprint density at radius 3 is 2.41 bits per heavy atom. The molecule has 6 nitrogen and oxygen atoms in total. The van der Waals surface area contributed by atoms with Gasteiger partial charge in [-0.25, -0.2) is 15.0 Å². The monoisotopic (exact) mass is 363 g/mol. The molecule has 3 N–H and O–H groups in total. The molecule has 5 aliphatic rings. The van der Waals surface area contributed by atoms with Gasteiger partial charge in [0, 0.05) is 6.04 Å². The minimum absolute atomic E-state index is 0.308. The molecule has 2 aromatic rings. The van der Waals surface area contributed by atoms with E-state index in [0.29, 0.717) is 35.0 Å². The normalized spacial score (nSPS) is 37.2. The minimum atomic E-state index is -0.880. The van der Waals surface area contributed by atoms with Crippen LogP contribution >= 0.6 is 0 Å². The summed E-state index contributed by atoms with van der Waals surface area (Å²) < 4.78 is 2.11. The SMILES string of the molecule is Nc1nc(C#CC2(O)C3CC4CC(C3)CC2C4)nc2c1ncn2C1CCC1. The molecule has 0 atom stereocenters. The zero-order valence-corrected chi connectivity index (χ0v) is 15.4. The zero-order valence-electron chi connectivity index (χ0n) is 15.4. The lowest BCUT2D eigenvalue weighted by Crippen LogP contribution is -2.56. The smallest absolute Gasteiger partial charge is 0.209 e. The summed E-state index contributed by atoms with van der Waals surface area (Å²) in [4.78, 5) is 13.4. The summed E-state index contributed by atoms with van der Waals surface area (Å²) in [7, 11) is 0. The third kappa shape index (κ3) is 2.27. The molecule has 2 heterocycles. The fourth-order valence-corrected chi connectivity index (χ4v) is 6.19. The van der Waals surface area contributed by atoms with Crippen LogP contribution < -0.4 is 5.73 Å². The van der Waals surface area contributed by atoms with Crippen LogP contribution in [-0.2, 0) is 0 Å². The van der Waals surface area contributed by atoms with Gasteiger partial charge in [0.2, 0.25) is 5.82 Å². The van der Waals surface area contributed by atoms with Crippen molar-refractivity contribution in [1.29, 1.82) is 0 Å². The maximum Gasteiger partial charge on any atom is 0.209 e. The first-order chi connectivity index (χ1) is 13.1. The Kier molecular flexibility index (Phi) is 3.20. The van der Waals surface area contributed by atoms with E-state index in [9.17, 15) is 5.11 Å². The molecule has 6 heteroatoms. The summed E-state index contributed by atoms with van der Waals surface area (Å²) in [5, 5.41) is 11.4. The number of hydrogen-bond donors (Lipinski definition) is 2. The van der Waals surface area contributed by atoms with Crippen molar-refractivity contribution in [3.8, 4) is 11.8 Å². The van der Waals surface area contributed by atoms with E-state index < -0.39 is 5.60 Å². The van der Waals surface area contributed by atoms with Crippen LogP contribution in [0.5, 0.6) is 0 Å². The van der Waals surface area contributed by atoms with Crippen LogP contribution in [0, 0.1) is 35.5 Å². The highest BCUT2D eigenvalue weighted by molar-refractivity contribution is 5.82. The van der Waals surface area contributed by atoms with E-state index in [1.165, 1.54) is 12.8 Å². The highest BCUT2D eigenvalue weighted by Crippen LogP contribution is 2.58. The summed E-state index contributed by atoms with van der Waals surface area (Å²) in [6, 6.07) is 0.457. The van der Waals surface area contributed by atoms with Crippen LogP contribution in [0.4, 0.5) is 5.82 Å². The Labute approximate surface area is 158 Å². The second kappa shape index (κ2) is 5.45. The second-order valence-corrected chi connectivity index (χ2v) is 9.22. The van der Waals surface area contributed by atoms with Gasteiger partial charge in [0.25, 0.3) is 0 Å². The van der Waals surface area contributed by atoms with E-state index in [1.807, 2.05) is 6.33 Å². The molecule has 0 aliphatic heterocycles. The fourth-order valence-electron chi connectivity index (χ4n) is 6.19. The van der Waals surface area contributed by atoms with E-state index in [-0.39, 0.29) is 0 Å². The predicted octanol–water partition coefficient (Wildman–Crippen LogP) is 2.67. The molecule has 0 unspecified atom stereocenters. The number of hydrogen-bond acceptors (Lipinski definition) is 5. The predicted molar refractivity (Wildman–Crippen MR) is 101 cm³/mol. The topological polar surface area (TPSA) is 89.8 Å². The van der Waals surface area contributed by atoms with Crippen LogP contribution in [0.3, 0.4) is 0 Å². The van der Waals surface area contributed by atoms with Crippen LogP contribution in [0.25, 0.3) is 11.2 Å². The molecule has 0 saturated heterocycles. The highest BCUT2D eigenvalue weighted by Gasteiger charge is 2.56. The number of aliphatic hydroxyl groups is 1. The Hall–Kier alpha value is -2.13. The third-order valence-corrected chi connectivity index (χ3v) is 7.67. The number of nitrogens with two attached hydrogens (primary N) is 1. The molecule has 0 aromatic carbocycles. The molecule has 4 bridgehead atoms. The fraction of sp³-hybridized carbons (Fsp3) is 0.667. The van der Waals surface area contributed by atoms with Gasteiger partial charge in [0.1, 0.15) is 11.1 Å². The van der Waals surface area contributed by atoms with Gasteiger partial charge in [-0.1, -0.05) is 5.92 Å². The molecule has 5 fully saturated rings. The number of anilines is 1. The number of aromatic nitrogens is 4. The first-order valence-corrected chi connectivity index (χ1v) is 10.4. The highest BCUT2D eigenvalue weighted by atomic mass is 16.3. The van der Waals surface area contributed by atoms with Crippen LogP contribution in [0.2, 0.25) is 0 Å². The van der Waals surface area contributed by atoms with Crippen LogP contribution in [0.15, 0.2) is 6.33 Å². The summed E-state index contributed by atoms with van der Waals surface area (Å²) in [6.07, 6.45) is 11.2. The van der Waals surface area contributed by atoms with Gasteiger partial charge in [0.05, 0.1) is 6.33 Å². The molecule has 27 heavy (non-hydrogen) atoms. The second-order valence-electron chi connectivity index (χ2n) is 9.22. The van der Waals surface area contributed by atoms with Crippen molar-refractivity contribution in [2.45, 2.75) is 63.0 Å². The van der Waals surface area contributed by atoms with Gasteiger partial charge in [-0.3, -0.25) is 0 Å². The molecular weight excluding hydrogens is 338 g/mol. The van der Waals surface area contributed by atoms with E-state index >= 15 is 0 Å². The summed E-state index contributed by atoms with van der Waals surface area (Å²) in [5.74, 6) is 9.31. The summed E-state index contributed by atoms with van der Waals surface area (Å²) in [6.45, 7) is 0. The third-order valence-electron chi connectivity index (χ3n) is 7.67. The maximum atomic E-state index is 11.4. The van der Waals surface area contributed by atoms with E-state index in [4.69, 9.17) is 5.73 Å². The van der Waals surface area contributed by atoms with Crippen molar-refractivity contribution < 1.29 is 5.11 Å². The molecule has 140 valence electrons. The van der Waals surface area contributed by atoms with Gasteiger partial charge in [0.15, 0.2) is 11.5 Å². The molecule has 5 aliphatic carbocycles. The summed E-state index contributed by atoms with van der Waals surface area (Å²) >= 11 is 0. The number of nitrogens with zero attached hydrogens (tertiary/aromatic N) is 4. The largest absolute Gasteiger partial charge is 0.382 e. The molecular formula is C21H25N5O. The number of nitrogen functional groups attached to an aromatic ring is 1. The van der Waals surface area contributed by atoms with E-state index in [1.54, 1.807) is 0 Å². The van der Waals surface area contributed by atoms with Crippen molar-refractivity contribution >= 4 is 17.0 Å². The lowest BCUT2D eigenvalue weighted by Gasteiger charge is -2.56. The molecule has 5 saturated carbocycles. The quantitative estimate of drug-likeness (QED) is 0.760. The molecule has 0 amide bonds. The lowest BCUT2D eigenvalue weighted by atomic mass is 9.50. The van der Waals surface area contributed by atoms with Crippen molar-refractivity contribution in [3.63, 3.8) is 0 Å². The lowest BCUT2D eigenvalue weighted by molar-refractivity contribution is -0.136.